The third kappa shape index (κ3) is 2.48. The molecule has 0 saturated heterocycles. The summed E-state index contributed by atoms with van der Waals surface area (Å²) in [6, 6.07) is 6.34. The second kappa shape index (κ2) is 5.29. The highest BCUT2D eigenvalue weighted by atomic mass is 32.1. The zero-order chi connectivity index (χ0) is 12.3. The third-order valence-corrected chi connectivity index (χ3v) is 3.70. The average molecular weight is 247 g/mol. The van der Waals surface area contributed by atoms with Gasteiger partial charge in [0.2, 0.25) is 0 Å². The topological polar surface area (TPSA) is 50.9 Å². The van der Waals surface area contributed by atoms with E-state index in [1.165, 1.54) is 10.4 Å². The molecule has 0 spiro atoms. The molecular weight excluding hydrogens is 230 g/mol. The summed E-state index contributed by atoms with van der Waals surface area (Å²) in [5.74, 6) is 0.615. The molecule has 0 radical (unpaired) electrons. The first-order valence-electron chi connectivity index (χ1n) is 5.71. The van der Waals surface area contributed by atoms with E-state index in [1.807, 2.05) is 6.07 Å². The quantitative estimate of drug-likeness (QED) is 0.873. The Morgan fingerprint density at radius 2 is 2.29 bits per heavy atom. The van der Waals surface area contributed by atoms with Gasteiger partial charge in [0.25, 0.3) is 0 Å². The van der Waals surface area contributed by atoms with Crippen molar-refractivity contribution in [2.75, 3.05) is 12.3 Å². The van der Waals surface area contributed by atoms with Gasteiger partial charge >= 0.3 is 0 Å². The molecule has 0 bridgehead atoms. The number of pyridine rings is 1. The number of hydrogen-bond donors (Lipinski definition) is 2. The summed E-state index contributed by atoms with van der Waals surface area (Å²) in [6.45, 7) is 5.07. The van der Waals surface area contributed by atoms with Gasteiger partial charge in [-0.3, -0.25) is 0 Å². The van der Waals surface area contributed by atoms with Crippen molar-refractivity contribution in [1.82, 2.24) is 10.3 Å². The van der Waals surface area contributed by atoms with Crippen LogP contribution in [-0.4, -0.2) is 11.5 Å². The van der Waals surface area contributed by atoms with E-state index >= 15 is 0 Å². The van der Waals surface area contributed by atoms with Crippen molar-refractivity contribution in [3.05, 3.63) is 45.8 Å². The molecule has 2 aromatic rings. The maximum atomic E-state index is 6.01. The van der Waals surface area contributed by atoms with E-state index in [2.05, 4.69) is 41.7 Å². The lowest BCUT2D eigenvalue weighted by atomic mass is 10.0. The number of nitrogens with zero attached hydrogens (tertiary/aromatic N) is 1. The second-order valence-electron chi connectivity index (χ2n) is 3.93. The first kappa shape index (κ1) is 12.1. The van der Waals surface area contributed by atoms with Gasteiger partial charge in [0, 0.05) is 16.6 Å². The molecule has 2 aromatic heterocycles. The Labute approximate surface area is 106 Å². The minimum atomic E-state index is 0.147. The second-order valence-corrected chi connectivity index (χ2v) is 4.91. The Bertz CT molecular complexity index is 459. The van der Waals surface area contributed by atoms with Crippen LogP contribution in [-0.2, 0) is 0 Å². The minimum Gasteiger partial charge on any atom is -0.383 e. The van der Waals surface area contributed by atoms with E-state index in [9.17, 15) is 0 Å². The van der Waals surface area contributed by atoms with Crippen molar-refractivity contribution in [2.24, 2.45) is 0 Å². The summed E-state index contributed by atoms with van der Waals surface area (Å²) in [6.07, 6.45) is 1.76. The fourth-order valence-corrected chi connectivity index (χ4v) is 2.78. The molecule has 1 unspecified atom stereocenters. The average Bonchev–Trinajstić information content (AvgIpc) is 2.80. The molecule has 90 valence electrons. The van der Waals surface area contributed by atoms with Crippen molar-refractivity contribution in [3.8, 4) is 0 Å². The van der Waals surface area contributed by atoms with Crippen molar-refractivity contribution in [2.45, 2.75) is 19.9 Å². The van der Waals surface area contributed by atoms with Gasteiger partial charge in [-0.2, -0.15) is 0 Å². The zero-order valence-corrected chi connectivity index (χ0v) is 10.9. The van der Waals surface area contributed by atoms with Crippen LogP contribution in [0.1, 0.15) is 29.0 Å². The SMILES string of the molecule is CCNC(c1cccs1)c1c(C)ccnc1N. The lowest BCUT2D eigenvalue weighted by Gasteiger charge is -2.20. The van der Waals surface area contributed by atoms with E-state index < -0.39 is 0 Å². The fourth-order valence-electron chi connectivity index (χ4n) is 1.97. The summed E-state index contributed by atoms with van der Waals surface area (Å²) in [5.41, 5.74) is 8.28. The van der Waals surface area contributed by atoms with Gasteiger partial charge < -0.3 is 11.1 Å². The first-order valence-corrected chi connectivity index (χ1v) is 6.59. The van der Waals surface area contributed by atoms with Crippen LogP contribution in [0.4, 0.5) is 5.82 Å². The number of aromatic nitrogens is 1. The Morgan fingerprint density at radius 1 is 1.47 bits per heavy atom. The molecule has 1 atom stereocenters. The molecule has 3 nitrogen and oxygen atoms in total. The van der Waals surface area contributed by atoms with Gasteiger partial charge in [-0.1, -0.05) is 13.0 Å². The first-order chi connectivity index (χ1) is 8.24. The molecule has 2 heterocycles. The summed E-state index contributed by atoms with van der Waals surface area (Å²) >= 11 is 1.74. The highest BCUT2D eigenvalue weighted by Crippen LogP contribution is 2.30. The van der Waals surface area contributed by atoms with Crippen molar-refractivity contribution < 1.29 is 0 Å². The van der Waals surface area contributed by atoms with Gasteiger partial charge in [-0.05, 0) is 36.5 Å². The van der Waals surface area contributed by atoms with E-state index in [0.29, 0.717) is 5.82 Å². The Balaban J connectivity index is 2.46. The lowest BCUT2D eigenvalue weighted by Crippen LogP contribution is -2.23. The van der Waals surface area contributed by atoms with Crippen LogP contribution in [0.2, 0.25) is 0 Å². The number of hydrogen-bond acceptors (Lipinski definition) is 4. The highest BCUT2D eigenvalue weighted by Gasteiger charge is 2.19. The largest absolute Gasteiger partial charge is 0.383 e. The Hall–Kier alpha value is -1.39. The van der Waals surface area contributed by atoms with E-state index in [4.69, 9.17) is 5.73 Å². The van der Waals surface area contributed by atoms with Crippen LogP contribution >= 0.6 is 11.3 Å². The Morgan fingerprint density at radius 3 is 2.88 bits per heavy atom. The maximum Gasteiger partial charge on any atom is 0.128 e. The van der Waals surface area contributed by atoms with E-state index in [1.54, 1.807) is 17.5 Å². The summed E-state index contributed by atoms with van der Waals surface area (Å²) in [7, 11) is 0. The summed E-state index contributed by atoms with van der Waals surface area (Å²) < 4.78 is 0. The number of aryl methyl sites for hydroxylation is 1. The monoisotopic (exact) mass is 247 g/mol. The van der Waals surface area contributed by atoms with Gasteiger partial charge in [-0.25, -0.2) is 4.98 Å². The number of anilines is 1. The van der Waals surface area contributed by atoms with Crippen LogP contribution in [0, 0.1) is 6.92 Å². The Kier molecular flexibility index (Phi) is 3.76. The summed E-state index contributed by atoms with van der Waals surface area (Å²) in [5, 5.41) is 5.56. The molecule has 0 saturated carbocycles. The number of nitrogens with one attached hydrogen (secondary N) is 1. The zero-order valence-electron chi connectivity index (χ0n) is 10.1. The maximum absolute atomic E-state index is 6.01. The van der Waals surface area contributed by atoms with Crippen LogP contribution in [0.25, 0.3) is 0 Å². The summed E-state index contributed by atoms with van der Waals surface area (Å²) in [4.78, 5) is 5.47. The fraction of sp³-hybridized carbons (Fsp3) is 0.308. The van der Waals surface area contributed by atoms with Crippen LogP contribution in [0.5, 0.6) is 0 Å². The highest BCUT2D eigenvalue weighted by molar-refractivity contribution is 7.10. The van der Waals surface area contributed by atoms with Gasteiger partial charge in [0.1, 0.15) is 5.82 Å². The van der Waals surface area contributed by atoms with Crippen LogP contribution in [0.15, 0.2) is 29.8 Å². The lowest BCUT2D eigenvalue weighted by molar-refractivity contribution is 0.636. The molecule has 4 heteroatoms. The van der Waals surface area contributed by atoms with Crippen molar-refractivity contribution in [1.29, 1.82) is 0 Å². The predicted molar refractivity (Wildman–Crippen MR) is 73.2 cm³/mol. The van der Waals surface area contributed by atoms with Crippen LogP contribution < -0.4 is 11.1 Å². The molecule has 0 aliphatic carbocycles. The van der Waals surface area contributed by atoms with Gasteiger partial charge in [0.05, 0.1) is 6.04 Å². The van der Waals surface area contributed by atoms with E-state index in [0.717, 1.165) is 12.1 Å². The number of nitrogen functional groups attached to an aromatic ring is 1. The molecule has 2 rings (SSSR count). The molecular formula is C13H17N3S. The molecule has 0 amide bonds. The molecule has 0 aliphatic heterocycles. The molecule has 0 aromatic carbocycles. The molecule has 0 fully saturated rings. The standard InChI is InChI=1S/C13H17N3S/c1-3-15-12(10-5-4-8-17-10)11-9(2)6-7-16-13(11)14/h4-8,12,15H,3H2,1-2H3,(H2,14,16). The smallest absolute Gasteiger partial charge is 0.128 e. The number of rotatable bonds is 4. The van der Waals surface area contributed by atoms with E-state index in [-0.39, 0.29) is 6.04 Å². The van der Waals surface area contributed by atoms with Gasteiger partial charge in [-0.15, -0.1) is 11.3 Å². The number of nitrogens with two attached hydrogens (primary N) is 1. The minimum absolute atomic E-state index is 0.147. The normalized spacial score (nSPS) is 12.6. The third-order valence-electron chi connectivity index (χ3n) is 2.76. The molecule has 3 N–H and O–H groups in total. The predicted octanol–water partition coefficient (Wildman–Crippen LogP) is 2.73. The van der Waals surface area contributed by atoms with Crippen molar-refractivity contribution in [3.63, 3.8) is 0 Å². The van der Waals surface area contributed by atoms with Gasteiger partial charge in [0.15, 0.2) is 0 Å². The van der Waals surface area contributed by atoms with Crippen LogP contribution in [0.3, 0.4) is 0 Å². The molecule has 0 aliphatic rings. The van der Waals surface area contributed by atoms with Crippen molar-refractivity contribution >= 4 is 17.2 Å². The number of thiophene rings is 1. The molecule has 17 heavy (non-hydrogen) atoms.